The molecule has 0 aliphatic carbocycles. The van der Waals surface area contributed by atoms with Crippen LogP contribution in [0, 0.1) is 11.8 Å². The van der Waals surface area contributed by atoms with Gasteiger partial charge in [0.1, 0.15) is 0 Å². The molecule has 0 heterocycles. The summed E-state index contributed by atoms with van der Waals surface area (Å²) in [5.41, 5.74) is 0. The van der Waals surface area contributed by atoms with Crippen LogP contribution < -0.4 is 0 Å². The van der Waals surface area contributed by atoms with Gasteiger partial charge in [0.15, 0.2) is 0 Å². The van der Waals surface area contributed by atoms with Gasteiger partial charge in [-0.2, -0.15) is 0 Å². The number of aliphatic hydroxyl groups is 2. The van der Waals surface area contributed by atoms with Crippen molar-refractivity contribution in [3.8, 4) is 0 Å². The van der Waals surface area contributed by atoms with Gasteiger partial charge in [0.05, 0.1) is 25.4 Å². The molecule has 0 aromatic rings. The zero-order chi connectivity index (χ0) is 14.0. The van der Waals surface area contributed by atoms with Gasteiger partial charge in [0.2, 0.25) is 0 Å². The second-order valence-corrected chi connectivity index (χ2v) is 5.48. The number of unbranched alkanes of at least 4 members (excludes halogenated alkanes) is 1. The van der Waals surface area contributed by atoms with Crippen molar-refractivity contribution in [1.29, 1.82) is 0 Å². The van der Waals surface area contributed by atoms with E-state index in [2.05, 4.69) is 0 Å². The molecule has 18 heavy (non-hydrogen) atoms. The molecule has 0 saturated carbocycles. The van der Waals surface area contributed by atoms with Crippen LogP contribution in [0.3, 0.4) is 0 Å². The lowest BCUT2D eigenvalue weighted by Crippen LogP contribution is -2.22. The van der Waals surface area contributed by atoms with E-state index in [4.69, 9.17) is 9.47 Å². The van der Waals surface area contributed by atoms with E-state index in [9.17, 15) is 10.2 Å². The minimum absolute atomic E-state index is 0.242. The van der Waals surface area contributed by atoms with Gasteiger partial charge in [-0.05, 0) is 24.7 Å². The molecule has 0 fully saturated rings. The third-order valence-corrected chi connectivity index (χ3v) is 2.94. The average molecular weight is 262 g/mol. The summed E-state index contributed by atoms with van der Waals surface area (Å²) in [6, 6.07) is 0. The van der Waals surface area contributed by atoms with E-state index >= 15 is 0 Å². The standard InChI is InChI=1S/C14H30O4/c1-11(2)13(15)9-17-7-5-6-8-18-10-14(16)12(3)4/h11-16H,5-10H2,1-4H3. The Hall–Kier alpha value is -0.160. The first-order valence-corrected chi connectivity index (χ1v) is 6.96. The topological polar surface area (TPSA) is 58.9 Å². The first-order chi connectivity index (χ1) is 8.45. The van der Waals surface area contributed by atoms with E-state index in [1.807, 2.05) is 27.7 Å². The Balaban J connectivity index is 3.22. The first kappa shape index (κ1) is 17.8. The van der Waals surface area contributed by atoms with Crippen molar-refractivity contribution in [1.82, 2.24) is 0 Å². The lowest BCUT2D eigenvalue weighted by Gasteiger charge is -2.15. The second-order valence-electron chi connectivity index (χ2n) is 5.48. The van der Waals surface area contributed by atoms with Gasteiger partial charge in [0, 0.05) is 13.2 Å². The Morgan fingerprint density at radius 1 is 0.722 bits per heavy atom. The minimum Gasteiger partial charge on any atom is -0.390 e. The molecule has 110 valence electrons. The van der Waals surface area contributed by atoms with E-state index in [0.29, 0.717) is 26.4 Å². The molecular formula is C14H30O4. The Bertz CT molecular complexity index is 163. The van der Waals surface area contributed by atoms with Gasteiger partial charge < -0.3 is 19.7 Å². The van der Waals surface area contributed by atoms with Crippen molar-refractivity contribution in [2.75, 3.05) is 26.4 Å². The quantitative estimate of drug-likeness (QED) is 0.558. The molecule has 2 N–H and O–H groups in total. The Kier molecular flexibility index (Phi) is 10.6. The fraction of sp³-hybridized carbons (Fsp3) is 1.00. The SMILES string of the molecule is CC(C)C(O)COCCCCOCC(O)C(C)C. The molecule has 0 aliphatic rings. The number of aliphatic hydroxyl groups excluding tert-OH is 2. The maximum absolute atomic E-state index is 9.50. The number of ether oxygens (including phenoxy) is 2. The molecular weight excluding hydrogens is 232 g/mol. The van der Waals surface area contributed by atoms with Crippen molar-refractivity contribution >= 4 is 0 Å². The molecule has 4 nitrogen and oxygen atoms in total. The largest absolute Gasteiger partial charge is 0.390 e. The second kappa shape index (κ2) is 10.7. The summed E-state index contributed by atoms with van der Waals surface area (Å²) in [6.07, 6.45) is 1.09. The summed E-state index contributed by atoms with van der Waals surface area (Å²) in [4.78, 5) is 0. The lowest BCUT2D eigenvalue weighted by atomic mass is 10.1. The Morgan fingerprint density at radius 3 is 1.33 bits per heavy atom. The fourth-order valence-electron chi connectivity index (χ4n) is 1.20. The third-order valence-electron chi connectivity index (χ3n) is 2.94. The molecule has 2 unspecified atom stereocenters. The van der Waals surface area contributed by atoms with Gasteiger partial charge in [-0.1, -0.05) is 27.7 Å². The molecule has 0 rings (SSSR count). The smallest absolute Gasteiger partial charge is 0.0796 e. The van der Waals surface area contributed by atoms with E-state index in [-0.39, 0.29) is 24.0 Å². The lowest BCUT2D eigenvalue weighted by molar-refractivity contribution is 0.000502. The van der Waals surface area contributed by atoms with E-state index in [0.717, 1.165) is 12.8 Å². The third kappa shape index (κ3) is 9.83. The van der Waals surface area contributed by atoms with Gasteiger partial charge >= 0.3 is 0 Å². The summed E-state index contributed by atoms with van der Waals surface area (Å²) in [5.74, 6) is 0.483. The summed E-state index contributed by atoms with van der Waals surface area (Å²) in [6.45, 7) is 10.0. The van der Waals surface area contributed by atoms with Crippen LogP contribution >= 0.6 is 0 Å². The fourth-order valence-corrected chi connectivity index (χ4v) is 1.20. The molecule has 0 aliphatic heterocycles. The van der Waals surface area contributed by atoms with E-state index in [1.165, 1.54) is 0 Å². The molecule has 0 spiro atoms. The molecule has 0 aromatic carbocycles. The van der Waals surface area contributed by atoms with Gasteiger partial charge in [-0.15, -0.1) is 0 Å². The van der Waals surface area contributed by atoms with Crippen LogP contribution in [-0.2, 0) is 9.47 Å². The van der Waals surface area contributed by atoms with Gasteiger partial charge in [0.25, 0.3) is 0 Å². The molecule has 0 aromatic heterocycles. The van der Waals surface area contributed by atoms with Gasteiger partial charge in [-0.3, -0.25) is 0 Å². The summed E-state index contributed by atoms with van der Waals surface area (Å²) >= 11 is 0. The number of hydrogen-bond acceptors (Lipinski definition) is 4. The molecule has 0 amide bonds. The highest BCUT2D eigenvalue weighted by Gasteiger charge is 2.09. The average Bonchev–Trinajstić information content (AvgIpc) is 2.31. The molecule has 4 heteroatoms. The van der Waals surface area contributed by atoms with Crippen molar-refractivity contribution in [3.63, 3.8) is 0 Å². The highest BCUT2D eigenvalue weighted by atomic mass is 16.5. The zero-order valence-corrected chi connectivity index (χ0v) is 12.3. The Morgan fingerprint density at radius 2 is 1.06 bits per heavy atom. The molecule has 0 radical (unpaired) electrons. The number of rotatable bonds is 11. The normalized spacial score (nSPS) is 15.3. The van der Waals surface area contributed by atoms with Gasteiger partial charge in [-0.25, -0.2) is 0 Å². The van der Waals surface area contributed by atoms with E-state index in [1.54, 1.807) is 0 Å². The van der Waals surface area contributed by atoms with Crippen LogP contribution in [0.2, 0.25) is 0 Å². The Labute approximate surface area is 111 Å². The summed E-state index contributed by atoms with van der Waals surface area (Å²) in [7, 11) is 0. The first-order valence-electron chi connectivity index (χ1n) is 6.96. The van der Waals surface area contributed by atoms with Crippen molar-refractivity contribution in [2.24, 2.45) is 11.8 Å². The van der Waals surface area contributed by atoms with Crippen LogP contribution in [0.25, 0.3) is 0 Å². The molecule has 0 bridgehead atoms. The summed E-state index contributed by atoms with van der Waals surface area (Å²) in [5, 5.41) is 19.0. The van der Waals surface area contributed by atoms with Crippen LogP contribution in [-0.4, -0.2) is 48.8 Å². The van der Waals surface area contributed by atoms with Crippen LogP contribution in [0.15, 0.2) is 0 Å². The maximum Gasteiger partial charge on any atom is 0.0796 e. The van der Waals surface area contributed by atoms with Crippen LogP contribution in [0.4, 0.5) is 0 Å². The molecule has 0 saturated heterocycles. The zero-order valence-electron chi connectivity index (χ0n) is 12.3. The van der Waals surface area contributed by atoms with Crippen molar-refractivity contribution in [2.45, 2.75) is 52.7 Å². The highest BCUT2D eigenvalue weighted by molar-refractivity contribution is 4.58. The van der Waals surface area contributed by atoms with Crippen LogP contribution in [0.5, 0.6) is 0 Å². The molecule has 2 atom stereocenters. The minimum atomic E-state index is -0.373. The van der Waals surface area contributed by atoms with Crippen molar-refractivity contribution < 1.29 is 19.7 Å². The summed E-state index contributed by atoms with van der Waals surface area (Å²) < 4.78 is 10.7. The predicted octanol–water partition coefficient (Wildman–Crippen LogP) is 1.83. The van der Waals surface area contributed by atoms with Crippen LogP contribution in [0.1, 0.15) is 40.5 Å². The van der Waals surface area contributed by atoms with E-state index < -0.39 is 0 Å². The van der Waals surface area contributed by atoms with Crippen molar-refractivity contribution in [3.05, 3.63) is 0 Å². The highest BCUT2D eigenvalue weighted by Crippen LogP contribution is 2.03. The monoisotopic (exact) mass is 262 g/mol. The number of hydrogen-bond donors (Lipinski definition) is 2. The predicted molar refractivity (Wildman–Crippen MR) is 72.6 cm³/mol. The maximum atomic E-state index is 9.50.